The van der Waals surface area contributed by atoms with Gasteiger partial charge < -0.3 is 42.5 Å². The number of nitrogens with two attached hydrogens (primary N) is 2. The Hall–Kier alpha value is -2.28. The third kappa shape index (κ3) is 6.45. The van der Waals surface area contributed by atoms with Gasteiger partial charge in [0, 0.05) is 12.8 Å². The highest BCUT2D eigenvalue weighted by atomic mass is 16.4. The van der Waals surface area contributed by atoms with E-state index in [1.54, 1.807) is 0 Å². The molecule has 0 aliphatic carbocycles. The largest absolute Gasteiger partial charge is 0.478 e. The first-order valence-corrected chi connectivity index (χ1v) is 6.94. The van der Waals surface area contributed by atoms with Crippen molar-refractivity contribution in [2.24, 2.45) is 11.5 Å². The first kappa shape index (κ1) is 21.7. The van der Waals surface area contributed by atoms with Crippen molar-refractivity contribution >= 4 is 23.8 Å². The van der Waals surface area contributed by atoms with E-state index in [9.17, 15) is 29.4 Å². The Kier molecular flexibility index (Phi) is 8.26. The Morgan fingerprint density at radius 3 is 1.25 bits per heavy atom. The predicted octanol–water partition coefficient (Wildman–Crippen LogP) is -3.76. The molecule has 0 aromatic rings. The van der Waals surface area contributed by atoms with Crippen molar-refractivity contribution in [2.75, 3.05) is 13.1 Å². The van der Waals surface area contributed by atoms with Gasteiger partial charge in [0.05, 0.1) is 13.1 Å². The average Bonchev–Trinajstić information content (AvgIpc) is 2.50. The van der Waals surface area contributed by atoms with Crippen LogP contribution in [0.25, 0.3) is 0 Å². The predicted molar refractivity (Wildman–Crippen MR) is 78.0 cm³/mol. The number of hydrogen-bond donors (Lipinski definition) is 8. The third-order valence-corrected chi connectivity index (χ3v) is 3.10. The van der Waals surface area contributed by atoms with Crippen molar-refractivity contribution in [3.63, 3.8) is 0 Å². The number of carbonyl (C=O) groups excluding carboxylic acids is 2. The fraction of sp³-hybridized carbons (Fsp3) is 0.667. The van der Waals surface area contributed by atoms with Crippen LogP contribution >= 0.6 is 0 Å². The quantitative estimate of drug-likeness (QED) is 0.134. The van der Waals surface area contributed by atoms with Crippen LogP contribution in [0.3, 0.4) is 0 Å². The minimum Gasteiger partial charge on any atom is -0.478 e. The van der Waals surface area contributed by atoms with E-state index in [4.69, 9.17) is 21.7 Å². The van der Waals surface area contributed by atoms with Crippen molar-refractivity contribution in [1.82, 2.24) is 10.6 Å². The second-order valence-corrected chi connectivity index (χ2v) is 5.04. The maximum Gasteiger partial charge on any atom is 0.357 e. The van der Waals surface area contributed by atoms with Crippen LogP contribution < -0.4 is 22.1 Å². The molecule has 12 nitrogen and oxygen atoms in total. The summed E-state index contributed by atoms with van der Waals surface area (Å²) < 4.78 is 0. The molecular weight excluding hydrogens is 328 g/mol. The Morgan fingerprint density at radius 2 is 1.04 bits per heavy atom. The van der Waals surface area contributed by atoms with Crippen LogP contribution in [0.15, 0.2) is 0 Å². The van der Waals surface area contributed by atoms with Gasteiger partial charge in [-0.05, 0) is 12.8 Å². The lowest BCUT2D eigenvalue weighted by Gasteiger charge is -2.26. The highest BCUT2D eigenvalue weighted by molar-refractivity contribution is 5.87. The van der Waals surface area contributed by atoms with Gasteiger partial charge in [0.2, 0.25) is 23.3 Å². The van der Waals surface area contributed by atoms with Crippen LogP contribution in [0.2, 0.25) is 0 Å². The maximum absolute atomic E-state index is 11.1. The van der Waals surface area contributed by atoms with Crippen molar-refractivity contribution in [2.45, 2.75) is 37.1 Å². The summed E-state index contributed by atoms with van der Waals surface area (Å²) in [5.74, 6) is -5.21. The molecule has 0 saturated carbocycles. The Morgan fingerprint density at radius 1 is 0.750 bits per heavy atom. The van der Waals surface area contributed by atoms with Crippen molar-refractivity contribution < 1.29 is 39.6 Å². The molecule has 10 N–H and O–H groups in total. The van der Waals surface area contributed by atoms with E-state index in [1.807, 2.05) is 10.6 Å². The van der Waals surface area contributed by atoms with E-state index in [0.717, 1.165) is 0 Å². The number of aliphatic hydroxyl groups is 2. The summed E-state index contributed by atoms with van der Waals surface area (Å²) in [4.78, 5) is 44.3. The molecule has 0 fully saturated rings. The normalized spacial score (nSPS) is 15.7. The van der Waals surface area contributed by atoms with Crippen molar-refractivity contribution in [1.29, 1.82) is 0 Å². The first-order chi connectivity index (χ1) is 11.0. The lowest BCUT2D eigenvalue weighted by molar-refractivity contribution is -0.168. The zero-order valence-corrected chi connectivity index (χ0v) is 12.8. The number of carboxylic acid groups (broad SMARTS) is 2. The molecule has 0 aliphatic rings. The van der Waals surface area contributed by atoms with Crippen LogP contribution in [0.5, 0.6) is 0 Å². The summed E-state index contributed by atoms with van der Waals surface area (Å²) in [6, 6.07) is 0. The lowest BCUT2D eigenvalue weighted by Crippen LogP contribution is -2.56. The zero-order valence-electron chi connectivity index (χ0n) is 12.8. The number of carboxylic acids is 2. The highest BCUT2D eigenvalue weighted by Crippen LogP contribution is 2.17. The summed E-state index contributed by atoms with van der Waals surface area (Å²) in [6.45, 7) is -1.06. The molecule has 0 aromatic heterocycles. The highest BCUT2D eigenvalue weighted by Gasteiger charge is 2.39. The number of aliphatic carboxylic acids is 2. The van der Waals surface area contributed by atoms with Crippen LogP contribution in [-0.4, -0.2) is 68.7 Å². The Balaban J connectivity index is 4.70. The van der Waals surface area contributed by atoms with Gasteiger partial charge in [-0.1, -0.05) is 0 Å². The van der Waals surface area contributed by atoms with Crippen LogP contribution in [-0.2, 0) is 19.2 Å². The Labute approximate surface area is 136 Å². The smallest absolute Gasteiger partial charge is 0.357 e. The van der Waals surface area contributed by atoms with Crippen LogP contribution in [0, 0.1) is 0 Å². The standard InChI is InChI=1S/C12H22N4O8/c13-5-7(17)15-11(23,9(19)20)3-1-2-4-12(24,10(21)22)16-8(18)6-14/h23-24H,1-6,13-14H2,(H,15,17)(H,16,18)(H,19,20)(H,21,22). The second kappa shape index (κ2) is 9.12. The van der Waals surface area contributed by atoms with Crippen molar-refractivity contribution in [3.05, 3.63) is 0 Å². The summed E-state index contributed by atoms with van der Waals surface area (Å²) >= 11 is 0. The Bertz CT molecular complexity index is 455. The number of hydrogen-bond acceptors (Lipinski definition) is 8. The van der Waals surface area contributed by atoms with Gasteiger partial charge >= 0.3 is 11.9 Å². The molecule has 12 heteroatoms. The molecule has 2 atom stereocenters. The van der Waals surface area contributed by atoms with E-state index in [0.29, 0.717) is 0 Å². The number of rotatable bonds is 11. The van der Waals surface area contributed by atoms with E-state index in [1.165, 1.54) is 0 Å². The molecule has 0 spiro atoms. The van der Waals surface area contributed by atoms with Gasteiger partial charge in [0.15, 0.2) is 0 Å². The number of unbranched alkanes of at least 4 members (excludes halogenated alkanes) is 1. The van der Waals surface area contributed by atoms with Crippen LogP contribution in [0.1, 0.15) is 25.7 Å². The summed E-state index contributed by atoms with van der Waals surface area (Å²) in [7, 11) is 0. The van der Waals surface area contributed by atoms with E-state index >= 15 is 0 Å². The second-order valence-electron chi connectivity index (χ2n) is 5.04. The fourth-order valence-corrected chi connectivity index (χ4v) is 1.77. The molecule has 2 amide bonds. The number of amides is 2. The van der Waals surface area contributed by atoms with Gasteiger partial charge in [-0.25, -0.2) is 9.59 Å². The molecule has 0 radical (unpaired) electrons. The van der Waals surface area contributed by atoms with E-state index in [2.05, 4.69) is 0 Å². The first-order valence-electron chi connectivity index (χ1n) is 6.94. The molecule has 24 heavy (non-hydrogen) atoms. The molecule has 0 rings (SSSR count). The monoisotopic (exact) mass is 350 g/mol. The minimum atomic E-state index is -2.57. The molecule has 138 valence electrons. The SMILES string of the molecule is NCC(=O)NC(O)(CCCCC(O)(NC(=O)CN)C(=O)O)C(=O)O. The van der Waals surface area contributed by atoms with Gasteiger partial charge in [-0.15, -0.1) is 0 Å². The van der Waals surface area contributed by atoms with Gasteiger partial charge in [0.1, 0.15) is 0 Å². The summed E-state index contributed by atoms with van der Waals surface area (Å²) in [6.07, 6.45) is -1.09. The van der Waals surface area contributed by atoms with Gasteiger partial charge in [-0.2, -0.15) is 0 Å². The topological polar surface area (TPSA) is 225 Å². The molecule has 0 heterocycles. The minimum absolute atomic E-state index is 0.0816. The number of carbonyl (C=O) groups is 4. The molecule has 0 bridgehead atoms. The van der Waals surface area contributed by atoms with Crippen molar-refractivity contribution in [3.8, 4) is 0 Å². The van der Waals surface area contributed by atoms with Gasteiger partial charge in [0.25, 0.3) is 0 Å². The summed E-state index contributed by atoms with van der Waals surface area (Å²) in [5, 5.41) is 41.3. The fourth-order valence-electron chi connectivity index (χ4n) is 1.77. The summed E-state index contributed by atoms with van der Waals surface area (Å²) in [5.41, 5.74) is 4.90. The molecule has 0 aromatic carbocycles. The lowest BCUT2D eigenvalue weighted by atomic mass is 10.00. The van der Waals surface area contributed by atoms with Crippen LogP contribution in [0.4, 0.5) is 0 Å². The zero-order chi connectivity index (χ0) is 19.0. The molecule has 0 saturated heterocycles. The maximum atomic E-state index is 11.1. The molecule has 0 aliphatic heterocycles. The van der Waals surface area contributed by atoms with E-state index < -0.39 is 61.1 Å². The number of nitrogens with one attached hydrogen (secondary N) is 2. The molecular formula is C12H22N4O8. The third-order valence-electron chi connectivity index (χ3n) is 3.10. The van der Waals surface area contributed by atoms with E-state index in [-0.39, 0.29) is 12.8 Å². The molecule has 2 unspecified atom stereocenters. The van der Waals surface area contributed by atoms with Gasteiger partial charge in [-0.3, -0.25) is 9.59 Å². The average molecular weight is 350 g/mol.